The van der Waals surface area contributed by atoms with Crippen LogP contribution in [0, 0.1) is 5.82 Å². The molecule has 0 amide bonds. The van der Waals surface area contributed by atoms with E-state index >= 15 is 0 Å². The van der Waals surface area contributed by atoms with Gasteiger partial charge in [0, 0.05) is 7.11 Å². The number of halogens is 1. The highest BCUT2D eigenvalue weighted by Crippen LogP contribution is 2.22. The van der Waals surface area contributed by atoms with Crippen molar-refractivity contribution in [3.8, 4) is 5.75 Å². The molecule has 1 aromatic rings. The number of benzene rings is 1. The van der Waals surface area contributed by atoms with E-state index in [1.807, 2.05) is 0 Å². The van der Waals surface area contributed by atoms with E-state index in [4.69, 9.17) is 9.47 Å². The molecule has 0 aliphatic heterocycles. The van der Waals surface area contributed by atoms with E-state index in [0.717, 1.165) is 0 Å². The van der Waals surface area contributed by atoms with Gasteiger partial charge in [-0.2, -0.15) is 0 Å². The van der Waals surface area contributed by atoms with Crippen LogP contribution in [0.2, 0.25) is 0 Å². The van der Waals surface area contributed by atoms with Crippen LogP contribution in [0.3, 0.4) is 0 Å². The van der Waals surface area contributed by atoms with Crippen LogP contribution in [0.5, 0.6) is 5.75 Å². The molecule has 0 N–H and O–H groups in total. The third-order valence-corrected chi connectivity index (χ3v) is 1.88. The molecule has 0 bridgehead atoms. The second-order valence-electron chi connectivity index (χ2n) is 3.01. The third kappa shape index (κ3) is 3.02. The van der Waals surface area contributed by atoms with E-state index in [9.17, 15) is 9.18 Å². The predicted octanol–water partition coefficient (Wildman–Crippen LogP) is 2.05. The molecule has 0 atom stereocenters. The largest absolute Gasteiger partial charge is 0.487 e. The average Bonchev–Trinajstić information content (AvgIpc) is 2.20. The minimum Gasteiger partial charge on any atom is -0.487 e. The maximum Gasteiger partial charge on any atom is 0.165 e. The van der Waals surface area contributed by atoms with E-state index in [1.165, 1.54) is 32.2 Å². The highest BCUT2D eigenvalue weighted by Gasteiger charge is 2.12. The zero-order valence-electron chi connectivity index (χ0n) is 8.75. The van der Waals surface area contributed by atoms with Crippen molar-refractivity contribution in [1.29, 1.82) is 0 Å². The molecule has 0 heterocycles. The van der Waals surface area contributed by atoms with Crippen molar-refractivity contribution < 1.29 is 18.7 Å². The zero-order chi connectivity index (χ0) is 11.3. The van der Waals surface area contributed by atoms with E-state index in [1.54, 1.807) is 0 Å². The van der Waals surface area contributed by atoms with Crippen molar-refractivity contribution in [2.75, 3.05) is 20.3 Å². The van der Waals surface area contributed by atoms with Gasteiger partial charge < -0.3 is 9.47 Å². The summed E-state index contributed by atoms with van der Waals surface area (Å²) < 4.78 is 23.2. The Bertz CT molecular complexity index is 350. The van der Waals surface area contributed by atoms with Crippen molar-refractivity contribution in [1.82, 2.24) is 0 Å². The van der Waals surface area contributed by atoms with Gasteiger partial charge in [-0.3, -0.25) is 4.79 Å². The summed E-state index contributed by atoms with van der Waals surface area (Å²) in [5.74, 6) is -0.747. The van der Waals surface area contributed by atoms with E-state index in [2.05, 4.69) is 0 Å². The number of methoxy groups -OCH3 is 1. The van der Waals surface area contributed by atoms with Gasteiger partial charge >= 0.3 is 0 Å². The van der Waals surface area contributed by atoms with Gasteiger partial charge in [0.15, 0.2) is 17.3 Å². The summed E-state index contributed by atoms with van der Waals surface area (Å²) in [7, 11) is 1.52. The maximum absolute atomic E-state index is 13.3. The fraction of sp³-hybridized carbons (Fsp3) is 0.364. The van der Waals surface area contributed by atoms with Crippen molar-refractivity contribution in [2.24, 2.45) is 0 Å². The number of carbonyl (C=O) groups excluding carboxylic acids is 1. The average molecular weight is 212 g/mol. The summed E-state index contributed by atoms with van der Waals surface area (Å²) in [6.45, 7) is 1.95. The van der Waals surface area contributed by atoms with Crippen LogP contribution in [0.4, 0.5) is 4.39 Å². The molecular weight excluding hydrogens is 199 g/mol. The molecule has 0 unspecified atom stereocenters. The Hall–Kier alpha value is -1.42. The molecule has 0 spiro atoms. The van der Waals surface area contributed by atoms with Crippen LogP contribution < -0.4 is 4.74 Å². The molecular formula is C11H13FO3. The Morgan fingerprint density at radius 2 is 2.13 bits per heavy atom. The van der Waals surface area contributed by atoms with Gasteiger partial charge in [0.25, 0.3) is 0 Å². The Balaban J connectivity index is 2.87. The van der Waals surface area contributed by atoms with Crippen LogP contribution in [-0.4, -0.2) is 26.1 Å². The van der Waals surface area contributed by atoms with Crippen molar-refractivity contribution in [2.45, 2.75) is 6.92 Å². The van der Waals surface area contributed by atoms with Gasteiger partial charge in [-0.15, -0.1) is 0 Å². The van der Waals surface area contributed by atoms with Gasteiger partial charge in [-0.05, 0) is 19.1 Å². The van der Waals surface area contributed by atoms with Crippen molar-refractivity contribution in [3.63, 3.8) is 0 Å². The summed E-state index contributed by atoms with van der Waals surface area (Å²) in [5, 5.41) is 0. The SMILES string of the molecule is COCCOc1c(F)cccc1C(C)=O. The number of carbonyl (C=O) groups is 1. The number of rotatable bonds is 5. The molecule has 1 aromatic carbocycles. The Morgan fingerprint density at radius 3 is 2.73 bits per heavy atom. The molecule has 15 heavy (non-hydrogen) atoms. The van der Waals surface area contributed by atoms with Crippen LogP contribution in [0.25, 0.3) is 0 Å². The number of ether oxygens (including phenoxy) is 2. The van der Waals surface area contributed by atoms with E-state index < -0.39 is 5.82 Å². The molecule has 0 fully saturated rings. The topological polar surface area (TPSA) is 35.5 Å². The lowest BCUT2D eigenvalue weighted by atomic mass is 10.1. The Labute approximate surface area is 87.8 Å². The van der Waals surface area contributed by atoms with Crippen LogP contribution in [0.15, 0.2) is 18.2 Å². The first-order valence-corrected chi connectivity index (χ1v) is 4.58. The fourth-order valence-corrected chi connectivity index (χ4v) is 1.16. The smallest absolute Gasteiger partial charge is 0.165 e. The van der Waals surface area contributed by atoms with Gasteiger partial charge in [0.05, 0.1) is 12.2 Å². The standard InChI is InChI=1S/C11H13FO3/c1-8(13)9-4-3-5-10(12)11(9)15-7-6-14-2/h3-5H,6-7H2,1-2H3. The van der Waals surface area contributed by atoms with Crippen LogP contribution >= 0.6 is 0 Å². The maximum atomic E-state index is 13.3. The lowest BCUT2D eigenvalue weighted by Crippen LogP contribution is -2.08. The first-order chi connectivity index (χ1) is 7.16. The molecule has 1 rings (SSSR count). The summed E-state index contributed by atoms with van der Waals surface area (Å²) in [6.07, 6.45) is 0. The molecule has 3 nitrogen and oxygen atoms in total. The first-order valence-electron chi connectivity index (χ1n) is 4.58. The number of hydrogen-bond donors (Lipinski definition) is 0. The quantitative estimate of drug-likeness (QED) is 0.553. The Morgan fingerprint density at radius 1 is 1.40 bits per heavy atom. The van der Waals surface area contributed by atoms with Crippen molar-refractivity contribution in [3.05, 3.63) is 29.6 Å². The second kappa shape index (κ2) is 5.46. The number of ketones is 1. The number of para-hydroxylation sites is 1. The monoisotopic (exact) mass is 212 g/mol. The van der Waals surface area contributed by atoms with Gasteiger partial charge in [-0.1, -0.05) is 6.07 Å². The lowest BCUT2D eigenvalue weighted by molar-refractivity contribution is 0.100. The van der Waals surface area contributed by atoms with E-state index in [-0.39, 0.29) is 23.7 Å². The highest BCUT2D eigenvalue weighted by molar-refractivity contribution is 5.96. The molecule has 0 aromatic heterocycles. The number of hydrogen-bond acceptors (Lipinski definition) is 3. The molecule has 0 radical (unpaired) electrons. The van der Waals surface area contributed by atoms with Gasteiger partial charge in [-0.25, -0.2) is 4.39 Å². The third-order valence-electron chi connectivity index (χ3n) is 1.88. The molecule has 0 saturated carbocycles. The fourth-order valence-electron chi connectivity index (χ4n) is 1.16. The second-order valence-corrected chi connectivity index (χ2v) is 3.01. The normalized spacial score (nSPS) is 10.1. The molecule has 0 saturated heterocycles. The van der Waals surface area contributed by atoms with Gasteiger partial charge in [0.2, 0.25) is 0 Å². The molecule has 82 valence electrons. The number of Topliss-reactive ketones (excluding diaryl/α,β-unsaturated/α-hetero) is 1. The minimum atomic E-state index is -0.529. The van der Waals surface area contributed by atoms with Crippen molar-refractivity contribution >= 4 is 5.78 Å². The van der Waals surface area contributed by atoms with Crippen LogP contribution in [0.1, 0.15) is 17.3 Å². The summed E-state index contributed by atoms with van der Waals surface area (Å²) >= 11 is 0. The zero-order valence-corrected chi connectivity index (χ0v) is 8.75. The first kappa shape index (κ1) is 11.7. The summed E-state index contributed by atoms with van der Waals surface area (Å²) in [6, 6.07) is 4.28. The summed E-state index contributed by atoms with van der Waals surface area (Å²) in [4.78, 5) is 11.2. The minimum absolute atomic E-state index is 0.00190. The predicted molar refractivity (Wildman–Crippen MR) is 53.8 cm³/mol. The highest BCUT2D eigenvalue weighted by atomic mass is 19.1. The van der Waals surface area contributed by atoms with Crippen LogP contribution in [-0.2, 0) is 4.74 Å². The van der Waals surface area contributed by atoms with E-state index in [0.29, 0.717) is 6.61 Å². The lowest BCUT2D eigenvalue weighted by Gasteiger charge is -2.09. The molecule has 4 heteroatoms. The molecule has 0 aliphatic carbocycles. The molecule has 0 aliphatic rings. The van der Waals surface area contributed by atoms with Gasteiger partial charge in [0.1, 0.15) is 6.61 Å². The summed E-state index contributed by atoms with van der Waals surface area (Å²) in [5.41, 5.74) is 0.256. The Kier molecular flexibility index (Phi) is 4.24.